The number of benzene rings is 3. The molecular weight excluding hydrogens is 538 g/mol. The molecule has 0 bridgehead atoms. The van der Waals surface area contributed by atoms with Gasteiger partial charge in [0.05, 0.1) is 23.6 Å². The number of rotatable bonds is 10. The molecule has 1 amide bonds. The molecule has 0 radical (unpaired) electrons. The predicted octanol–water partition coefficient (Wildman–Crippen LogP) is 7.09. The minimum absolute atomic E-state index is 0.0598. The molecule has 0 spiro atoms. The third kappa shape index (κ3) is 6.77. The highest BCUT2D eigenvalue weighted by atomic mass is 16.4. The topological polar surface area (TPSA) is 101 Å². The highest BCUT2D eigenvalue weighted by Gasteiger charge is 2.35. The van der Waals surface area contributed by atoms with Crippen molar-refractivity contribution in [2.45, 2.75) is 64.8 Å². The van der Waals surface area contributed by atoms with Gasteiger partial charge in [-0.25, -0.2) is 4.68 Å². The maximum Gasteiger partial charge on any atom is 0.309 e. The Morgan fingerprint density at radius 2 is 1.63 bits per heavy atom. The summed E-state index contributed by atoms with van der Waals surface area (Å²) in [5.41, 5.74) is 3.98. The molecule has 2 unspecified atom stereocenters. The molecule has 7 heteroatoms. The largest absolute Gasteiger partial charge is 0.481 e. The molecular formula is C36H39N3O4. The molecule has 2 atom stereocenters. The molecule has 222 valence electrons. The fraction of sp³-hybridized carbons (Fsp3) is 0.333. The average molecular weight is 578 g/mol. The number of nitrogens with one attached hydrogen (secondary N) is 1. The van der Waals surface area contributed by atoms with Gasteiger partial charge in [-0.2, -0.15) is 5.10 Å². The van der Waals surface area contributed by atoms with Gasteiger partial charge < -0.3 is 10.4 Å². The number of carbonyl (C=O) groups is 2. The monoisotopic (exact) mass is 577 g/mol. The van der Waals surface area contributed by atoms with Crippen LogP contribution in [0.15, 0.2) is 95.8 Å². The van der Waals surface area contributed by atoms with E-state index in [4.69, 9.17) is 0 Å². The van der Waals surface area contributed by atoms with Crippen LogP contribution in [0.4, 0.5) is 5.69 Å². The third-order valence-electron chi connectivity index (χ3n) is 9.05. The minimum atomic E-state index is -0.944. The molecule has 1 fully saturated rings. The number of aromatic nitrogens is 2. The van der Waals surface area contributed by atoms with E-state index in [1.54, 1.807) is 26.0 Å². The van der Waals surface area contributed by atoms with Crippen LogP contribution in [0.25, 0.3) is 11.3 Å². The number of carboxylic acid groups (broad SMARTS) is 1. The van der Waals surface area contributed by atoms with Gasteiger partial charge in [-0.3, -0.25) is 14.4 Å². The standard InChI is InChI=1S/C36H39N3O4/c1-24(36(2,3)35(42)43)29-14-9-15-30(22-29)37-34(41)33(27-12-7-8-13-27)28-18-16-25(17-19-28)23-39-32(40)21-20-31(38-39)26-10-5-4-6-11-26/h4-6,9-11,14-22,24,27,33H,7-8,12-13,23H2,1-3H3,(H,37,41)(H,42,43). The Morgan fingerprint density at radius 1 is 0.930 bits per heavy atom. The van der Waals surface area contributed by atoms with Crippen LogP contribution >= 0.6 is 0 Å². The summed E-state index contributed by atoms with van der Waals surface area (Å²) < 4.78 is 1.47. The Hall–Kier alpha value is -4.52. The average Bonchev–Trinajstić information content (AvgIpc) is 3.54. The molecule has 2 N–H and O–H groups in total. The van der Waals surface area contributed by atoms with E-state index in [0.717, 1.165) is 53.6 Å². The summed E-state index contributed by atoms with van der Waals surface area (Å²) in [4.78, 5) is 38.2. The van der Waals surface area contributed by atoms with Crippen LogP contribution in [0.2, 0.25) is 0 Å². The number of carboxylic acids is 1. The van der Waals surface area contributed by atoms with Gasteiger partial charge in [0.1, 0.15) is 0 Å². The van der Waals surface area contributed by atoms with Gasteiger partial charge in [0.25, 0.3) is 5.56 Å². The molecule has 1 aliphatic rings. The Bertz CT molecular complexity index is 1640. The van der Waals surface area contributed by atoms with Crippen LogP contribution in [0.3, 0.4) is 0 Å². The van der Waals surface area contributed by atoms with Crippen molar-refractivity contribution in [2.75, 3.05) is 5.32 Å². The lowest BCUT2D eigenvalue weighted by Gasteiger charge is -2.28. The van der Waals surface area contributed by atoms with Gasteiger partial charge in [0.15, 0.2) is 0 Å². The van der Waals surface area contributed by atoms with Crippen LogP contribution in [0.5, 0.6) is 0 Å². The number of hydrogen-bond donors (Lipinski definition) is 2. The smallest absolute Gasteiger partial charge is 0.309 e. The number of nitrogens with zero attached hydrogens (tertiary/aromatic N) is 2. The quantitative estimate of drug-likeness (QED) is 0.210. The summed E-state index contributed by atoms with van der Waals surface area (Å²) in [5.74, 6) is -1.23. The van der Waals surface area contributed by atoms with Gasteiger partial charge in [-0.15, -0.1) is 0 Å². The Balaban J connectivity index is 1.35. The Morgan fingerprint density at radius 3 is 2.30 bits per heavy atom. The summed E-state index contributed by atoms with van der Waals surface area (Å²) in [6.07, 6.45) is 4.21. The second kappa shape index (κ2) is 12.8. The second-order valence-electron chi connectivity index (χ2n) is 12.2. The van der Waals surface area contributed by atoms with Crippen molar-refractivity contribution in [1.82, 2.24) is 9.78 Å². The number of carbonyl (C=O) groups excluding carboxylic acids is 1. The maximum atomic E-state index is 13.8. The molecule has 0 saturated heterocycles. The van der Waals surface area contributed by atoms with Gasteiger partial charge in [-0.05, 0) is 73.4 Å². The normalized spacial score (nSPS) is 15.1. The van der Waals surface area contributed by atoms with Crippen molar-refractivity contribution in [3.8, 4) is 11.3 Å². The molecule has 5 rings (SSSR count). The first-order valence-electron chi connectivity index (χ1n) is 15.0. The zero-order chi connectivity index (χ0) is 30.6. The first-order valence-corrected chi connectivity index (χ1v) is 15.0. The lowest BCUT2D eigenvalue weighted by Crippen LogP contribution is -2.30. The molecule has 43 heavy (non-hydrogen) atoms. The fourth-order valence-corrected chi connectivity index (χ4v) is 5.96. The summed E-state index contributed by atoms with van der Waals surface area (Å²) in [7, 11) is 0. The van der Waals surface area contributed by atoms with Crippen molar-refractivity contribution in [3.05, 3.63) is 118 Å². The maximum absolute atomic E-state index is 13.8. The molecule has 3 aromatic carbocycles. The van der Waals surface area contributed by atoms with Gasteiger partial charge in [0, 0.05) is 17.3 Å². The predicted molar refractivity (Wildman–Crippen MR) is 169 cm³/mol. The fourth-order valence-electron chi connectivity index (χ4n) is 5.96. The Labute approximate surface area is 252 Å². The van der Waals surface area contributed by atoms with Crippen molar-refractivity contribution in [1.29, 1.82) is 0 Å². The zero-order valence-corrected chi connectivity index (χ0v) is 25.0. The van der Waals surface area contributed by atoms with E-state index in [1.165, 1.54) is 4.68 Å². The van der Waals surface area contributed by atoms with Crippen LogP contribution in [0.1, 0.15) is 75.0 Å². The molecule has 1 aliphatic carbocycles. The zero-order valence-electron chi connectivity index (χ0n) is 25.0. The van der Waals surface area contributed by atoms with Crippen LogP contribution in [0, 0.1) is 11.3 Å². The van der Waals surface area contributed by atoms with Crippen LogP contribution < -0.4 is 10.9 Å². The van der Waals surface area contributed by atoms with Gasteiger partial charge in [-0.1, -0.05) is 86.5 Å². The molecule has 1 heterocycles. The van der Waals surface area contributed by atoms with Crippen LogP contribution in [-0.2, 0) is 16.1 Å². The highest BCUT2D eigenvalue weighted by molar-refractivity contribution is 5.96. The summed E-state index contributed by atoms with van der Waals surface area (Å²) in [6, 6.07) is 28.5. The van der Waals surface area contributed by atoms with Crippen molar-refractivity contribution >= 4 is 17.6 Å². The number of anilines is 1. The summed E-state index contributed by atoms with van der Waals surface area (Å²) >= 11 is 0. The Kier molecular flexibility index (Phi) is 8.90. The first-order chi connectivity index (χ1) is 20.6. The van der Waals surface area contributed by atoms with E-state index >= 15 is 0 Å². The van der Waals surface area contributed by atoms with Gasteiger partial charge in [0.2, 0.25) is 5.91 Å². The molecule has 0 aliphatic heterocycles. The van der Waals surface area contributed by atoms with Crippen molar-refractivity contribution in [2.24, 2.45) is 11.3 Å². The molecule has 7 nitrogen and oxygen atoms in total. The minimum Gasteiger partial charge on any atom is -0.481 e. The lowest BCUT2D eigenvalue weighted by molar-refractivity contribution is -0.148. The number of amides is 1. The molecule has 1 aromatic heterocycles. The molecule has 4 aromatic rings. The van der Waals surface area contributed by atoms with E-state index in [2.05, 4.69) is 10.4 Å². The number of hydrogen-bond acceptors (Lipinski definition) is 4. The van der Waals surface area contributed by atoms with E-state index in [0.29, 0.717) is 12.2 Å². The summed E-state index contributed by atoms with van der Waals surface area (Å²) in [6.45, 7) is 5.67. The third-order valence-corrected chi connectivity index (χ3v) is 9.05. The summed E-state index contributed by atoms with van der Waals surface area (Å²) in [5, 5.41) is 17.4. The first kappa shape index (κ1) is 30.0. The van der Waals surface area contributed by atoms with Crippen LogP contribution in [-0.4, -0.2) is 26.8 Å². The van der Waals surface area contributed by atoms with E-state index in [-0.39, 0.29) is 29.2 Å². The number of aliphatic carboxylic acids is 1. The van der Waals surface area contributed by atoms with E-state index < -0.39 is 11.4 Å². The lowest BCUT2D eigenvalue weighted by atomic mass is 9.76. The van der Waals surface area contributed by atoms with E-state index in [9.17, 15) is 19.5 Å². The highest BCUT2D eigenvalue weighted by Crippen LogP contribution is 2.39. The van der Waals surface area contributed by atoms with Crippen molar-refractivity contribution < 1.29 is 14.7 Å². The SMILES string of the molecule is CC(c1cccc(NC(=O)C(c2ccc(Cn3nc(-c4ccccc4)ccc3=O)cc2)C2CCCC2)c1)C(C)(C)C(=O)O. The van der Waals surface area contributed by atoms with Crippen molar-refractivity contribution in [3.63, 3.8) is 0 Å². The molecule has 1 saturated carbocycles. The van der Waals surface area contributed by atoms with E-state index in [1.807, 2.05) is 85.8 Å². The second-order valence-corrected chi connectivity index (χ2v) is 12.2. The van der Waals surface area contributed by atoms with Gasteiger partial charge >= 0.3 is 5.97 Å².